The molecule has 0 unspecified atom stereocenters. The molecule has 0 saturated carbocycles. The van der Waals surface area contributed by atoms with E-state index in [1.165, 1.54) is 0 Å². The summed E-state index contributed by atoms with van der Waals surface area (Å²) in [5, 5.41) is 2.05. The van der Waals surface area contributed by atoms with E-state index in [0.717, 1.165) is 15.9 Å². The highest BCUT2D eigenvalue weighted by molar-refractivity contribution is 7.86. The Morgan fingerprint density at radius 1 is 0.914 bits per heavy atom. The van der Waals surface area contributed by atoms with Gasteiger partial charge in [-0.3, -0.25) is 4.18 Å². The summed E-state index contributed by atoms with van der Waals surface area (Å²) in [6.07, 6.45) is 0.186. The van der Waals surface area contributed by atoms with Gasteiger partial charge in [0.1, 0.15) is 0 Å². The highest BCUT2D eigenvalue weighted by Gasteiger charge is 2.52. The standard InChI is InChI=1S/C28H34O5SSi/c1-22-15-17-25(18-16-22)34(29,30)32-21-24(19-23-20-31-23)33-35(28(2,3)4,26-11-7-5-8-12-26)27-13-9-6-10-14-27/h5-18,23-24H,19-21H2,1-4H3/t23-,24-/m0/s1. The van der Waals surface area contributed by atoms with E-state index in [1.807, 2.05) is 43.3 Å². The molecule has 5 nitrogen and oxygen atoms in total. The number of epoxide rings is 1. The van der Waals surface area contributed by atoms with E-state index in [2.05, 4.69) is 45.0 Å². The summed E-state index contributed by atoms with van der Waals surface area (Å²) in [5.41, 5.74) is 0.989. The molecule has 186 valence electrons. The normalized spacial score (nSPS) is 17.2. The summed E-state index contributed by atoms with van der Waals surface area (Å²) >= 11 is 0. The highest BCUT2D eigenvalue weighted by atomic mass is 32.2. The van der Waals surface area contributed by atoms with Crippen LogP contribution in [-0.4, -0.2) is 42.2 Å². The van der Waals surface area contributed by atoms with Gasteiger partial charge in [0, 0.05) is 6.42 Å². The number of aryl methyl sites for hydroxylation is 1. The Morgan fingerprint density at radius 2 is 1.43 bits per heavy atom. The van der Waals surface area contributed by atoms with E-state index in [1.54, 1.807) is 24.3 Å². The van der Waals surface area contributed by atoms with Crippen molar-refractivity contribution in [1.29, 1.82) is 0 Å². The van der Waals surface area contributed by atoms with Gasteiger partial charge in [0.15, 0.2) is 0 Å². The number of hydrogen-bond acceptors (Lipinski definition) is 5. The van der Waals surface area contributed by atoms with E-state index in [9.17, 15) is 8.42 Å². The van der Waals surface area contributed by atoms with E-state index in [4.69, 9.17) is 13.3 Å². The van der Waals surface area contributed by atoms with Crippen molar-refractivity contribution in [3.05, 3.63) is 90.5 Å². The number of ether oxygens (including phenoxy) is 1. The minimum Gasteiger partial charge on any atom is -0.402 e. The molecule has 1 heterocycles. The fourth-order valence-corrected chi connectivity index (χ4v) is 10.1. The van der Waals surface area contributed by atoms with Crippen LogP contribution in [0.25, 0.3) is 0 Å². The Labute approximate surface area is 210 Å². The Kier molecular flexibility index (Phi) is 7.64. The summed E-state index contributed by atoms with van der Waals surface area (Å²) < 4.78 is 44.2. The van der Waals surface area contributed by atoms with Gasteiger partial charge in [-0.05, 0) is 34.5 Å². The first-order chi connectivity index (χ1) is 16.6. The van der Waals surface area contributed by atoms with Crippen molar-refractivity contribution < 1.29 is 21.8 Å². The molecule has 1 fully saturated rings. The third-order valence-corrected chi connectivity index (χ3v) is 12.8. The molecule has 3 aromatic rings. The maximum Gasteiger partial charge on any atom is 0.297 e. The summed E-state index contributed by atoms with van der Waals surface area (Å²) in [4.78, 5) is 0.148. The smallest absolute Gasteiger partial charge is 0.297 e. The molecule has 7 heteroatoms. The second kappa shape index (κ2) is 10.4. The Balaban J connectivity index is 1.70. The van der Waals surface area contributed by atoms with Crippen LogP contribution >= 0.6 is 0 Å². The van der Waals surface area contributed by atoms with Crippen molar-refractivity contribution in [3.63, 3.8) is 0 Å². The molecule has 4 rings (SSSR count). The highest BCUT2D eigenvalue weighted by Crippen LogP contribution is 2.38. The van der Waals surface area contributed by atoms with Gasteiger partial charge in [0.25, 0.3) is 18.4 Å². The molecule has 1 aliphatic rings. The van der Waals surface area contributed by atoms with Crippen molar-refractivity contribution in [3.8, 4) is 0 Å². The molecular weight excluding hydrogens is 476 g/mol. The molecule has 0 radical (unpaired) electrons. The number of benzene rings is 3. The molecule has 0 bridgehead atoms. The molecule has 0 amide bonds. The van der Waals surface area contributed by atoms with Crippen LogP contribution < -0.4 is 10.4 Å². The molecule has 0 aromatic heterocycles. The first kappa shape index (κ1) is 25.8. The zero-order valence-electron chi connectivity index (χ0n) is 20.8. The Hall–Kier alpha value is -2.29. The van der Waals surface area contributed by atoms with Crippen LogP contribution in [0, 0.1) is 6.92 Å². The van der Waals surface area contributed by atoms with Crippen molar-refractivity contribution in [2.75, 3.05) is 13.2 Å². The minimum atomic E-state index is -3.91. The largest absolute Gasteiger partial charge is 0.402 e. The zero-order chi connectivity index (χ0) is 25.1. The topological polar surface area (TPSA) is 65.1 Å². The Bertz CT molecular complexity index is 1160. The first-order valence-corrected chi connectivity index (χ1v) is 15.3. The maximum absolute atomic E-state index is 13.0. The summed E-state index contributed by atoms with van der Waals surface area (Å²) in [6, 6.07) is 27.3. The van der Waals surface area contributed by atoms with Crippen molar-refractivity contribution in [1.82, 2.24) is 0 Å². The molecule has 0 aliphatic carbocycles. The fraction of sp³-hybridized carbons (Fsp3) is 0.357. The second-order valence-corrected chi connectivity index (χ2v) is 16.0. The lowest BCUT2D eigenvalue weighted by Crippen LogP contribution is -2.68. The Morgan fingerprint density at radius 3 is 1.89 bits per heavy atom. The summed E-state index contributed by atoms with van der Waals surface area (Å²) in [6.45, 7) is 9.11. The lowest BCUT2D eigenvalue weighted by Gasteiger charge is -2.45. The predicted octanol–water partition coefficient (Wildman–Crippen LogP) is 4.43. The third kappa shape index (κ3) is 5.93. The van der Waals surface area contributed by atoms with E-state index in [-0.39, 0.29) is 22.6 Å². The van der Waals surface area contributed by atoms with E-state index in [0.29, 0.717) is 13.0 Å². The van der Waals surface area contributed by atoms with Crippen molar-refractivity contribution in [2.45, 2.75) is 56.3 Å². The average molecular weight is 511 g/mol. The van der Waals surface area contributed by atoms with Crippen LogP contribution in [0.4, 0.5) is 0 Å². The molecule has 2 atom stereocenters. The molecule has 1 aliphatic heterocycles. The molecule has 35 heavy (non-hydrogen) atoms. The van der Waals surface area contributed by atoms with Crippen LogP contribution in [0.3, 0.4) is 0 Å². The van der Waals surface area contributed by atoms with E-state index >= 15 is 0 Å². The minimum absolute atomic E-state index is 0.0592. The SMILES string of the molecule is Cc1ccc(S(=O)(=O)OC[C@H](C[C@H]2CO2)O[Si](c2ccccc2)(c2ccccc2)C(C)(C)C)cc1. The predicted molar refractivity (Wildman–Crippen MR) is 141 cm³/mol. The van der Waals surface area contributed by atoms with Crippen LogP contribution in [0.2, 0.25) is 5.04 Å². The van der Waals surface area contributed by atoms with Gasteiger partial charge < -0.3 is 9.16 Å². The quantitative estimate of drug-likeness (QED) is 0.229. The lowest BCUT2D eigenvalue weighted by molar-refractivity contribution is 0.107. The van der Waals surface area contributed by atoms with Crippen molar-refractivity contribution >= 4 is 28.8 Å². The van der Waals surface area contributed by atoms with E-state index < -0.39 is 24.5 Å². The van der Waals surface area contributed by atoms with Gasteiger partial charge in [-0.2, -0.15) is 8.42 Å². The molecule has 1 saturated heterocycles. The second-order valence-electron chi connectivity index (χ2n) is 10.1. The van der Waals surface area contributed by atoms with Gasteiger partial charge >= 0.3 is 0 Å². The summed E-state index contributed by atoms with van der Waals surface area (Å²) in [7, 11) is -6.78. The van der Waals surface area contributed by atoms with Crippen LogP contribution in [-0.2, 0) is 23.5 Å². The molecule has 3 aromatic carbocycles. The molecular formula is C28H34O5SSi. The van der Waals surface area contributed by atoms with Gasteiger partial charge in [-0.15, -0.1) is 0 Å². The molecule has 0 N–H and O–H groups in total. The number of rotatable bonds is 10. The average Bonchev–Trinajstić information content (AvgIpc) is 3.65. The first-order valence-electron chi connectivity index (χ1n) is 12.0. The third-order valence-electron chi connectivity index (χ3n) is 6.41. The zero-order valence-corrected chi connectivity index (χ0v) is 22.6. The monoisotopic (exact) mass is 510 g/mol. The van der Waals surface area contributed by atoms with Gasteiger partial charge in [0.2, 0.25) is 0 Å². The molecule has 0 spiro atoms. The van der Waals surface area contributed by atoms with Crippen LogP contribution in [0.15, 0.2) is 89.8 Å². The summed E-state index contributed by atoms with van der Waals surface area (Å²) in [5.74, 6) is 0. The van der Waals surface area contributed by atoms with Gasteiger partial charge in [-0.1, -0.05) is 99.1 Å². The van der Waals surface area contributed by atoms with Crippen molar-refractivity contribution in [2.24, 2.45) is 0 Å². The van der Waals surface area contributed by atoms with Crippen LogP contribution in [0.5, 0.6) is 0 Å². The van der Waals surface area contributed by atoms with Gasteiger partial charge in [0.05, 0.1) is 30.3 Å². The maximum atomic E-state index is 13.0. The van der Waals surface area contributed by atoms with Gasteiger partial charge in [-0.25, -0.2) is 0 Å². The van der Waals surface area contributed by atoms with Crippen LogP contribution in [0.1, 0.15) is 32.8 Å². The lowest BCUT2D eigenvalue weighted by atomic mass is 10.2. The fourth-order valence-electron chi connectivity index (χ4n) is 4.53. The number of hydrogen-bond donors (Lipinski definition) is 0.